The summed E-state index contributed by atoms with van der Waals surface area (Å²) in [5.74, 6) is 0. The predicted molar refractivity (Wildman–Crippen MR) is 101 cm³/mol. The normalized spacial score (nSPS) is 13.4. The second kappa shape index (κ2) is 7.79. The molecule has 0 spiro atoms. The molecule has 0 saturated carbocycles. The number of hydrogen-bond acceptors (Lipinski definition) is 3. The fraction of sp³-hybridized carbons (Fsp3) is 0.333. The number of rotatable bonds is 5. The monoisotopic (exact) mass is 439 g/mol. The molecule has 0 saturated heterocycles. The van der Waals surface area contributed by atoms with Crippen molar-refractivity contribution in [3.8, 4) is 0 Å². The van der Waals surface area contributed by atoms with E-state index < -0.39 is 0 Å². The van der Waals surface area contributed by atoms with Crippen molar-refractivity contribution in [1.82, 2.24) is 0 Å². The van der Waals surface area contributed by atoms with Crippen molar-refractivity contribution in [2.24, 2.45) is 0 Å². The summed E-state index contributed by atoms with van der Waals surface area (Å²) in [5.41, 5.74) is 5.16. The summed E-state index contributed by atoms with van der Waals surface area (Å²) in [5, 5.41) is 8.88. The minimum Gasteiger partial charge on any atom is -0.394 e. The van der Waals surface area contributed by atoms with Crippen LogP contribution in [0.5, 0.6) is 0 Å². The summed E-state index contributed by atoms with van der Waals surface area (Å²) in [6.07, 6.45) is 2.04. The zero-order valence-corrected chi connectivity index (χ0v) is 15.9. The zero-order chi connectivity index (χ0) is 16.2. The lowest BCUT2D eigenvalue weighted by Crippen LogP contribution is -2.24. The Morgan fingerprint density at radius 1 is 0.913 bits per heavy atom. The van der Waals surface area contributed by atoms with Crippen molar-refractivity contribution in [2.45, 2.75) is 12.8 Å². The number of aryl methyl sites for hydroxylation is 2. The van der Waals surface area contributed by atoms with Gasteiger partial charge in [-0.15, -0.1) is 0 Å². The van der Waals surface area contributed by atoms with Crippen LogP contribution in [0.1, 0.15) is 11.1 Å². The van der Waals surface area contributed by atoms with Gasteiger partial charge in [-0.25, -0.2) is 0 Å². The first-order chi connectivity index (χ1) is 11.2. The summed E-state index contributed by atoms with van der Waals surface area (Å²) >= 11 is 7.15. The van der Waals surface area contributed by atoms with E-state index in [-0.39, 0.29) is 6.61 Å². The molecule has 1 aliphatic rings. The van der Waals surface area contributed by atoms with Crippen molar-refractivity contribution >= 4 is 43.2 Å². The van der Waals surface area contributed by atoms with E-state index in [1.165, 1.54) is 22.5 Å². The molecule has 0 radical (unpaired) electrons. The van der Waals surface area contributed by atoms with Crippen molar-refractivity contribution < 1.29 is 9.84 Å². The van der Waals surface area contributed by atoms with Gasteiger partial charge in [0.25, 0.3) is 0 Å². The fourth-order valence-electron chi connectivity index (χ4n) is 3.00. The first-order valence-electron chi connectivity index (χ1n) is 7.72. The number of hydrogen-bond donors (Lipinski definition) is 1. The standard InChI is InChI=1S/C18H19Br2NO2/c19-15-3-5-17-13(11-15)1-2-14-12-16(20)4-6-18(14)21(17)7-9-23-10-8-22/h3-6,11-12,22H,1-2,7-10H2. The lowest BCUT2D eigenvalue weighted by atomic mass is 10.0. The van der Waals surface area contributed by atoms with Crippen molar-refractivity contribution in [2.75, 3.05) is 31.3 Å². The van der Waals surface area contributed by atoms with Gasteiger partial charge in [0.15, 0.2) is 0 Å². The Kier molecular flexibility index (Phi) is 5.75. The van der Waals surface area contributed by atoms with Gasteiger partial charge in [-0.05, 0) is 60.4 Å². The third kappa shape index (κ3) is 3.97. The van der Waals surface area contributed by atoms with Crippen molar-refractivity contribution in [3.63, 3.8) is 0 Å². The van der Waals surface area contributed by atoms with E-state index in [1.807, 2.05) is 0 Å². The maximum atomic E-state index is 8.88. The molecule has 0 aliphatic carbocycles. The average Bonchev–Trinajstić information content (AvgIpc) is 2.68. The lowest BCUT2D eigenvalue weighted by Gasteiger charge is -2.27. The summed E-state index contributed by atoms with van der Waals surface area (Å²) in [6, 6.07) is 12.9. The van der Waals surface area contributed by atoms with Crippen LogP contribution >= 0.6 is 31.9 Å². The number of aliphatic hydroxyl groups excluding tert-OH is 1. The smallest absolute Gasteiger partial charge is 0.0698 e. The van der Waals surface area contributed by atoms with E-state index in [4.69, 9.17) is 9.84 Å². The molecule has 0 aromatic heterocycles. The van der Waals surface area contributed by atoms with E-state index in [1.54, 1.807) is 0 Å². The van der Waals surface area contributed by atoms with Gasteiger partial charge < -0.3 is 14.7 Å². The molecule has 1 heterocycles. The molecule has 23 heavy (non-hydrogen) atoms. The van der Waals surface area contributed by atoms with Crippen LogP contribution in [0.2, 0.25) is 0 Å². The second-order valence-corrected chi connectivity index (χ2v) is 7.37. The van der Waals surface area contributed by atoms with Crippen LogP contribution in [-0.2, 0) is 17.6 Å². The van der Waals surface area contributed by atoms with E-state index in [0.717, 1.165) is 28.3 Å². The number of halogens is 2. The Bertz CT molecular complexity index is 637. The number of fused-ring (bicyclic) bond motifs is 2. The SMILES string of the molecule is OCCOCCN1c2ccc(Br)cc2CCc2cc(Br)ccc21. The van der Waals surface area contributed by atoms with Crippen molar-refractivity contribution in [3.05, 3.63) is 56.5 Å². The first-order valence-corrected chi connectivity index (χ1v) is 9.30. The molecular weight excluding hydrogens is 422 g/mol. The van der Waals surface area contributed by atoms with Crippen LogP contribution in [0.25, 0.3) is 0 Å². The molecule has 2 aromatic carbocycles. The van der Waals surface area contributed by atoms with Gasteiger partial charge in [0.2, 0.25) is 0 Å². The number of benzene rings is 2. The summed E-state index contributed by atoms with van der Waals surface area (Å²) < 4.78 is 7.72. The summed E-state index contributed by atoms with van der Waals surface area (Å²) in [6.45, 7) is 1.80. The van der Waals surface area contributed by atoms with E-state index in [9.17, 15) is 0 Å². The summed E-state index contributed by atoms with van der Waals surface area (Å²) in [4.78, 5) is 2.33. The highest BCUT2D eigenvalue weighted by atomic mass is 79.9. The van der Waals surface area contributed by atoms with Crippen LogP contribution in [0.3, 0.4) is 0 Å². The summed E-state index contributed by atoms with van der Waals surface area (Å²) in [7, 11) is 0. The molecule has 0 atom stereocenters. The molecule has 0 fully saturated rings. The number of aliphatic hydroxyl groups is 1. The van der Waals surface area contributed by atoms with Gasteiger partial charge in [-0.1, -0.05) is 31.9 Å². The second-order valence-electron chi connectivity index (χ2n) is 5.53. The third-order valence-corrected chi connectivity index (χ3v) is 5.01. The minimum atomic E-state index is 0.0626. The van der Waals surface area contributed by atoms with E-state index >= 15 is 0 Å². The quantitative estimate of drug-likeness (QED) is 0.696. The van der Waals surface area contributed by atoms with Gasteiger partial charge in [-0.2, -0.15) is 0 Å². The minimum absolute atomic E-state index is 0.0626. The molecule has 2 aromatic rings. The van der Waals surface area contributed by atoms with Gasteiger partial charge in [-0.3, -0.25) is 0 Å². The molecule has 1 N–H and O–H groups in total. The number of ether oxygens (including phenoxy) is 1. The Hall–Kier alpha value is -0.880. The highest BCUT2D eigenvalue weighted by Gasteiger charge is 2.20. The van der Waals surface area contributed by atoms with Gasteiger partial charge in [0.1, 0.15) is 0 Å². The van der Waals surface area contributed by atoms with Crippen LogP contribution in [0.4, 0.5) is 11.4 Å². The molecule has 0 bridgehead atoms. The molecule has 122 valence electrons. The molecule has 0 amide bonds. The largest absolute Gasteiger partial charge is 0.394 e. The number of nitrogens with zero attached hydrogens (tertiary/aromatic N) is 1. The highest BCUT2D eigenvalue weighted by Crippen LogP contribution is 2.38. The average molecular weight is 441 g/mol. The van der Waals surface area contributed by atoms with Crippen LogP contribution in [0.15, 0.2) is 45.3 Å². The molecule has 0 unspecified atom stereocenters. The Balaban J connectivity index is 1.96. The lowest BCUT2D eigenvalue weighted by molar-refractivity contribution is 0.0975. The molecular formula is C18H19Br2NO2. The van der Waals surface area contributed by atoms with Crippen LogP contribution < -0.4 is 4.90 Å². The van der Waals surface area contributed by atoms with Crippen LogP contribution in [0, 0.1) is 0 Å². The van der Waals surface area contributed by atoms with Crippen LogP contribution in [-0.4, -0.2) is 31.5 Å². The Morgan fingerprint density at radius 2 is 1.48 bits per heavy atom. The molecule has 3 rings (SSSR count). The zero-order valence-electron chi connectivity index (χ0n) is 12.8. The van der Waals surface area contributed by atoms with Gasteiger partial charge in [0, 0.05) is 26.9 Å². The Morgan fingerprint density at radius 3 is 2.00 bits per heavy atom. The highest BCUT2D eigenvalue weighted by molar-refractivity contribution is 9.10. The first kappa shape index (κ1) is 17.0. The maximum absolute atomic E-state index is 8.88. The van der Waals surface area contributed by atoms with Gasteiger partial charge in [0.05, 0.1) is 19.8 Å². The van der Waals surface area contributed by atoms with Gasteiger partial charge >= 0.3 is 0 Å². The van der Waals surface area contributed by atoms with E-state index in [2.05, 4.69) is 73.2 Å². The third-order valence-electron chi connectivity index (χ3n) is 4.02. The molecule has 1 aliphatic heterocycles. The Labute approximate surface area is 153 Å². The molecule has 3 nitrogen and oxygen atoms in total. The van der Waals surface area contributed by atoms with Crippen molar-refractivity contribution in [1.29, 1.82) is 0 Å². The van der Waals surface area contributed by atoms with E-state index in [0.29, 0.717) is 13.2 Å². The number of anilines is 2. The predicted octanol–water partition coefficient (Wildman–Crippen LogP) is 4.46. The fourth-order valence-corrected chi connectivity index (χ4v) is 3.81. The topological polar surface area (TPSA) is 32.7 Å². The molecule has 5 heteroatoms. The maximum Gasteiger partial charge on any atom is 0.0698 e.